The van der Waals surface area contributed by atoms with E-state index in [0.29, 0.717) is 6.54 Å². The van der Waals surface area contributed by atoms with Crippen LogP contribution in [-0.4, -0.2) is 12.5 Å². The smallest absolute Gasteiger partial charge is 0.223 e. The normalized spacial score (nSPS) is 8.87. The van der Waals surface area contributed by atoms with Crippen LogP contribution in [0.1, 0.15) is 27.7 Å². The number of hydrogen-bond donors (Lipinski definition) is 0. The number of rotatable bonds is 2. The number of nitrogens with zero attached hydrogens (tertiary/aromatic N) is 1. The van der Waals surface area contributed by atoms with Crippen molar-refractivity contribution in [1.29, 1.82) is 0 Å². The molecule has 0 bridgehead atoms. The molecular weight excluding hydrogens is 254 g/mol. The van der Waals surface area contributed by atoms with Gasteiger partial charge in [0.1, 0.15) is 0 Å². The number of halogens is 1. The van der Waals surface area contributed by atoms with E-state index in [0.717, 1.165) is 10.2 Å². The maximum Gasteiger partial charge on any atom is 0.223 e. The first-order chi connectivity index (χ1) is 7.15. The number of carbonyl (C=O) groups excluding carboxylic acids is 1. The van der Waals surface area contributed by atoms with Gasteiger partial charge >= 0.3 is 0 Å². The highest BCUT2D eigenvalue weighted by Crippen LogP contribution is 2.18. The van der Waals surface area contributed by atoms with Crippen LogP contribution in [0.5, 0.6) is 0 Å². The molecule has 0 fully saturated rings. The summed E-state index contributed by atoms with van der Waals surface area (Å²) < 4.78 is 1.02. The van der Waals surface area contributed by atoms with Gasteiger partial charge in [-0.1, -0.05) is 29.8 Å². The number of anilines is 1. The summed E-state index contributed by atoms with van der Waals surface area (Å²) >= 11 is 3.35. The molecular formula is C12H18BrNO. The Hall–Kier alpha value is -0.830. The second-order valence-electron chi connectivity index (χ2n) is 2.74. The summed E-state index contributed by atoms with van der Waals surface area (Å²) in [5, 5.41) is 0. The Balaban J connectivity index is 0.000000921. The molecule has 0 radical (unpaired) electrons. The molecule has 15 heavy (non-hydrogen) atoms. The van der Waals surface area contributed by atoms with Crippen molar-refractivity contribution < 1.29 is 4.79 Å². The topological polar surface area (TPSA) is 20.3 Å². The average Bonchev–Trinajstić information content (AvgIpc) is 2.24. The summed E-state index contributed by atoms with van der Waals surface area (Å²) in [4.78, 5) is 12.9. The predicted octanol–water partition coefficient (Wildman–Crippen LogP) is 3.85. The van der Waals surface area contributed by atoms with E-state index in [1.54, 1.807) is 11.8 Å². The lowest BCUT2D eigenvalue weighted by Gasteiger charge is -2.18. The van der Waals surface area contributed by atoms with Crippen LogP contribution in [-0.2, 0) is 4.79 Å². The molecule has 0 aliphatic heterocycles. The summed E-state index contributed by atoms with van der Waals surface area (Å²) in [6.45, 7) is 8.24. The number of amides is 1. The Morgan fingerprint density at radius 1 is 1.27 bits per heavy atom. The lowest BCUT2D eigenvalue weighted by atomic mass is 10.3. The van der Waals surface area contributed by atoms with Crippen molar-refractivity contribution in [2.75, 3.05) is 11.4 Å². The van der Waals surface area contributed by atoms with Crippen LogP contribution in [0, 0.1) is 0 Å². The maximum absolute atomic E-state index is 11.2. The quantitative estimate of drug-likeness (QED) is 0.800. The largest absolute Gasteiger partial charge is 0.313 e. The molecule has 0 aromatic heterocycles. The van der Waals surface area contributed by atoms with Gasteiger partial charge in [-0.2, -0.15) is 0 Å². The lowest BCUT2D eigenvalue weighted by Crippen LogP contribution is -2.27. The molecule has 3 heteroatoms. The first kappa shape index (κ1) is 14.2. The fraction of sp³-hybridized carbons (Fsp3) is 0.417. The molecule has 1 aromatic rings. The molecule has 0 aliphatic carbocycles. The van der Waals surface area contributed by atoms with E-state index in [2.05, 4.69) is 15.9 Å². The van der Waals surface area contributed by atoms with Gasteiger partial charge in [0, 0.05) is 23.6 Å². The van der Waals surface area contributed by atoms with Gasteiger partial charge < -0.3 is 4.90 Å². The number of hydrogen-bond acceptors (Lipinski definition) is 1. The SMILES string of the molecule is CC.CCN(C(C)=O)c1ccc(Br)cc1. The van der Waals surface area contributed by atoms with Crippen molar-refractivity contribution in [2.24, 2.45) is 0 Å². The molecule has 1 aromatic carbocycles. The molecule has 1 amide bonds. The van der Waals surface area contributed by atoms with E-state index in [9.17, 15) is 4.79 Å². The molecule has 84 valence electrons. The third-order valence-corrected chi connectivity index (χ3v) is 2.36. The Labute approximate surface area is 100 Å². The molecule has 0 atom stereocenters. The number of carbonyl (C=O) groups is 1. The zero-order chi connectivity index (χ0) is 11.8. The fourth-order valence-electron chi connectivity index (χ4n) is 1.21. The van der Waals surface area contributed by atoms with Gasteiger partial charge in [-0.25, -0.2) is 0 Å². The molecule has 0 spiro atoms. The van der Waals surface area contributed by atoms with Crippen molar-refractivity contribution >= 4 is 27.5 Å². The van der Waals surface area contributed by atoms with Gasteiger partial charge in [0.15, 0.2) is 0 Å². The highest BCUT2D eigenvalue weighted by atomic mass is 79.9. The van der Waals surface area contributed by atoms with E-state index in [-0.39, 0.29) is 5.91 Å². The molecule has 0 saturated heterocycles. The second-order valence-corrected chi connectivity index (χ2v) is 3.66. The molecule has 0 unspecified atom stereocenters. The highest BCUT2D eigenvalue weighted by molar-refractivity contribution is 9.10. The summed E-state index contributed by atoms with van der Waals surface area (Å²) in [5.41, 5.74) is 0.943. The minimum atomic E-state index is 0.0739. The Morgan fingerprint density at radius 2 is 1.73 bits per heavy atom. The molecule has 0 heterocycles. The maximum atomic E-state index is 11.2. The van der Waals surface area contributed by atoms with Crippen molar-refractivity contribution in [2.45, 2.75) is 27.7 Å². The fourth-order valence-corrected chi connectivity index (χ4v) is 1.47. The molecule has 2 nitrogen and oxygen atoms in total. The van der Waals surface area contributed by atoms with E-state index >= 15 is 0 Å². The first-order valence-corrected chi connectivity index (χ1v) is 5.98. The molecule has 1 rings (SSSR count). The molecule has 0 saturated carbocycles. The van der Waals surface area contributed by atoms with Crippen LogP contribution in [0.15, 0.2) is 28.7 Å². The van der Waals surface area contributed by atoms with Gasteiger partial charge in [0.2, 0.25) is 5.91 Å². The minimum Gasteiger partial charge on any atom is -0.313 e. The van der Waals surface area contributed by atoms with Crippen LogP contribution >= 0.6 is 15.9 Å². The monoisotopic (exact) mass is 271 g/mol. The van der Waals surface area contributed by atoms with Crippen molar-refractivity contribution in [3.05, 3.63) is 28.7 Å². The molecule has 0 aliphatic rings. The number of benzene rings is 1. The average molecular weight is 272 g/mol. The van der Waals surface area contributed by atoms with Crippen LogP contribution in [0.4, 0.5) is 5.69 Å². The second kappa shape index (κ2) is 7.46. The zero-order valence-electron chi connectivity index (χ0n) is 9.75. The predicted molar refractivity (Wildman–Crippen MR) is 69.2 cm³/mol. The Kier molecular flexibility index (Phi) is 7.05. The van der Waals surface area contributed by atoms with Gasteiger partial charge in [-0.05, 0) is 31.2 Å². The van der Waals surface area contributed by atoms with Gasteiger partial charge in [0.25, 0.3) is 0 Å². The van der Waals surface area contributed by atoms with Gasteiger partial charge in [-0.3, -0.25) is 4.79 Å². The van der Waals surface area contributed by atoms with Crippen LogP contribution < -0.4 is 4.90 Å². The van der Waals surface area contributed by atoms with Crippen LogP contribution in [0.25, 0.3) is 0 Å². The van der Waals surface area contributed by atoms with E-state index in [1.807, 2.05) is 45.0 Å². The third-order valence-electron chi connectivity index (χ3n) is 1.83. The molecule has 0 N–H and O–H groups in total. The Morgan fingerprint density at radius 3 is 2.07 bits per heavy atom. The highest BCUT2D eigenvalue weighted by Gasteiger charge is 2.07. The third kappa shape index (κ3) is 4.47. The van der Waals surface area contributed by atoms with Gasteiger partial charge in [0.05, 0.1) is 0 Å². The standard InChI is InChI=1S/C10H12BrNO.C2H6/c1-3-12(8(2)13)10-6-4-9(11)5-7-10;1-2/h4-7H,3H2,1-2H3;1-2H3. The van der Waals surface area contributed by atoms with E-state index in [1.165, 1.54) is 0 Å². The Bertz CT molecular complexity index is 295. The van der Waals surface area contributed by atoms with Crippen LogP contribution in [0.2, 0.25) is 0 Å². The summed E-state index contributed by atoms with van der Waals surface area (Å²) in [5.74, 6) is 0.0739. The van der Waals surface area contributed by atoms with Crippen molar-refractivity contribution in [1.82, 2.24) is 0 Å². The van der Waals surface area contributed by atoms with Crippen molar-refractivity contribution in [3.63, 3.8) is 0 Å². The van der Waals surface area contributed by atoms with Gasteiger partial charge in [-0.15, -0.1) is 0 Å². The zero-order valence-corrected chi connectivity index (χ0v) is 11.3. The van der Waals surface area contributed by atoms with Crippen LogP contribution in [0.3, 0.4) is 0 Å². The lowest BCUT2D eigenvalue weighted by molar-refractivity contribution is -0.116. The van der Waals surface area contributed by atoms with E-state index in [4.69, 9.17) is 0 Å². The summed E-state index contributed by atoms with van der Waals surface area (Å²) in [7, 11) is 0. The first-order valence-electron chi connectivity index (χ1n) is 5.19. The van der Waals surface area contributed by atoms with E-state index < -0.39 is 0 Å². The summed E-state index contributed by atoms with van der Waals surface area (Å²) in [6, 6.07) is 7.71. The minimum absolute atomic E-state index is 0.0739. The van der Waals surface area contributed by atoms with Crippen molar-refractivity contribution in [3.8, 4) is 0 Å². The summed E-state index contributed by atoms with van der Waals surface area (Å²) in [6.07, 6.45) is 0.